The van der Waals surface area contributed by atoms with E-state index in [1.54, 1.807) is 0 Å². The molecule has 4 rings (SSSR count). The number of ether oxygens (including phenoxy) is 1. The van der Waals surface area contributed by atoms with Crippen molar-refractivity contribution in [2.24, 2.45) is 5.92 Å². The zero-order valence-corrected chi connectivity index (χ0v) is 20.3. The maximum Gasteiger partial charge on any atom is 0.344 e. The van der Waals surface area contributed by atoms with Gasteiger partial charge in [0.1, 0.15) is 11.3 Å². The minimum Gasteiger partial charge on any atom is -0.494 e. The van der Waals surface area contributed by atoms with Gasteiger partial charge in [-0.2, -0.15) is 5.01 Å². The lowest BCUT2D eigenvalue weighted by molar-refractivity contribution is -0.140. The molecule has 8 heteroatoms. The van der Waals surface area contributed by atoms with Gasteiger partial charge in [-0.05, 0) is 82.2 Å². The molecule has 2 heterocycles. The van der Waals surface area contributed by atoms with Crippen molar-refractivity contribution in [1.29, 1.82) is 0 Å². The van der Waals surface area contributed by atoms with Crippen molar-refractivity contribution >= 4 is 17.8 Å². The van der Waals surface area contributed by atoms with E-state index in [0.29, 0.717) is 31.9 Å². The van der Waals surface area contributed by atoms with Crippen LogP contribution in [0.1, 0.15) is 70.3 Å². The van der Waals surface area contributed by atoms with Crippen LogP contribution in [0.5, 0.6) is 5.75 Å². The summed E-state index contributed by atoms with van der Waals surface area (Å²) in [5, 5.41) is 3.73. The predicted molar refractivity (Wildman–Crippen MR) is 129 cm³/mol. The number of nitrogens with zero attached hydrogens (tertiary/aromatic N) is 2. The van der Waals surface area contributed by atoms with E-state index in [1.165, 1.54) is 12.0 Å². The maximum absolute atomic E-state index is 12.8. The average Bonchev–Trinajstić information content (AvgIpc) is 3.07. The zero-order chi connectivity index (χ0) is 24.0. The number of benzene rings is 1. The molecule has 2 aliphatic heterocycles. The second-order valence-electron chi connectivity index (χ2n) is 9.90. The first-order valence-corrected chi connectivity index (χ1v) is 12.9. The first kappa shape index (κ1) is 24.5. The molecule has 1 aromatic rings. The molecular formula is C26H38N4O4. The number of imide groups is 1. The Labute approximate surface area is 202 Å². The molecule has 2 N–H and O–H groups in total. The smallest absolute Gasteiger partial charge is 0.344 e. The highest BCUT2D eigenvalue weighted by Gasteiger charge is 2.52. The molecule has 1 saturated carbocycles. The van der Waals surface area contributed by atoms with Crippen LogP contribution in [0.4, 0.5) is 4.79 Å². The lowest BCUT2D eigenvalue weighted by Crippen LogP contribution is -2.51. The third-order valence-corrected chi connectivity index (χ3v) is 7.54. The molecule has 34 heavy (non-hydrogen) atoms. The Balaban J connectivity index is 1.14. The molecule has 4 amide bonds. The molecule has 186 valence electrons. The molecule has 0 unspecified atom stereocenters. The zero-order valence-electron chi connectivity index (χ0n) is 20.3. The lowest BCUT2D eigenvalue weighted by Gasteiger charge is -2.32. The highest BCUT2D eigenvalue weighted by molar-refractivity contribution is 6.08. The standard InChI is InChI=1S/C26H38N4O4/c1-2-34-22-10-8-20(9-11-22)6-7-21-12-17-29(18-13-21)19-14-23(31)28-30-24(32)26(27-25(30)33)15-4-3-5-16-26/h8-11,21H,2-7,12-19H2,1H3,(H,27,33)(H,28,31). The Morgan fingerprint density at radius 2 is 1.82 bits per heavy atom. The van der Waals surface area contributed by atoms with Crippen LogP contribution in [0.15, 0.2) is 24.3 Å². The van der Waals surface area contributed by atoms with Crippen molar-refractivity contribution in [1.82, 2.24) is 20.7 Å². The molecule has 1 spiro atoms. The summed E-state index contributed by atoms with van der Waals surface area (Å²) in [6.07, 6.45) is 9.02. The van der Waals surface area contributed by atoms with E-state index in [9.17, 15) is 14.4 Å². The van der Waals surface area contributed by atoms with Crippen molar-refractivity contribution < 1.29 is 19.1 Å². The van der Waals surface area contributed by atoms with E-state index in [-0.39, 0.29) is 18.2 Å². The topological polar surface area (TPSA) is 91.0 Å². The van der Waals surface area contributed by atoms with Crippen LogP contribution in [0.25, 0.3) is 0 Å². The van der Waals surface area contributed by atoms with Crippen LogP contribution in [0, 0.1) is 5.92 Å². The first-order chi connectivity index (χ1) is 16.5. The number of likely N-dealkylation sites (tertiary alicyclic amines) is 1. The van der Waals surface area contributed by atoms with Crippen molar-refractivity contribution in [3.05, 3.63) is 29.8 Å². The second-order valence-corrected chi connectivity index (χ2v) is 9.90. The summed E-state index contributed by atoms with van der Waals surface area (Å²) in [6.45, 7) is 5.28. The number of rotatable bonds is 9. The van der Waals surface area contributed by atoms with Crippen molar-refractivity contribution in [2.75, 3.05) is 26.2 Å². The van der Waals surface area contributed by atoms with Crippen LogP contribution >= 0.6 is 0 Å². The van der Waals surface area contributed by atoms with Crippen molar-refractivity contribution in [3.63, 3.8) is 0 Å². The van der Waals surface area contributed by atoms with E-state index in [2.05, 4.69) is 27.8 Å². The van der Waals surface area contributed by atoms with Gasteiger partial charge >= 0.3 is 6.03 Å². The van der Waals surface area contributed by atoms with E-state index in [4.69, 9.17) is 4.74 Å². The number of hydrogen-bond donors (Lipinski definition) is 2. The fourth-order valence-electron chi connectivity index (χ4n) is 5.44. The molecule has 3 aliphatic rings. The van der Waals surface area contributed by atoms with E-state index in [0.717, 1.165) is 62.4 Å². The number of amides is 4. The van der Waals surface area contributed by atoms with E-state index >= 15 is 0 Å². The van der Waals surface area contributed by atoms with Crippen LogP contribution in [-0.4, -0.2) is 59.5 Å². The second kappa shape index (κ2) is 11.2. The van der Waals surface area contributed by atoms with Gasteiger partial charge in [-0.3, -0.25) is 15.0 Å². The highest BCUT2D eigenvalue weighted by Crippen LogP contribution is 2.33. The molecular weight excluding hydrogens is 432 g/mol. The largest absolute Gasteiger partial charge is 0.494 e. The van der Waals surface area contributed by atoms with Crippen molar-refractivity contribution in [3.8, 4) is 5.75 Å². The quantitative estimate of drug-likeness (QED) is 0.540. The van der Waals surface area contributed by atoms with E-state index < -0.39 is 11.6 Å². The minimum atomic E-state index is -0.810. The fourth-order valence-corrected chi connectivity index (χ4v) is 5.44. The molecule has 2 saturated heterocycles. The predicted octanol–water partition coefficient (Wildman–Crippen LogP) is 3.41. The number of carbonyl (C=O) groups excluding carboxylic acids is 3. The van der Waals surface area contributed by atoms with Gasteiger partial charge < -0.3 is 15.0 Å². The van der Waals surface area contributed by atoms with Gasteiger partial charge in [0.25, 0.3) is 5.91 Å². The summed E-state index contributed by atoms with van der Waals surface area (Å²) in [5.74, 6) is 1.04. The van der Waals surface area contributed by atoms with Crippen LogP contribution in [0.3, 0.4) is 0 Å². The number of hydrazine groups is 1. The molecule has 1 aliphatic carbocycles. The molecule has 3 fully saturated rings. The van der Waals surface area contributed by atoms with Gasteiger partial charge in [-0.15, -0.1) is 0 Å². The Hall–Kier alpha value is -2.61. The minimum absolute atomic E-state index is 0.279. The maximum atomic E-state index is 12.8. The number of hydrogen-bond acceptors (Lipinski definition) is 5. The van der Waals surface area contributed by atoms with Crippen LogP contribution in [-0.2, 0) is 16.0 Å². The number of aryl methyl sites for hydroxylation is 1. The third kappa shape index (κ3) is 5.90. The summed E-state index contributed by atoms with van der Waals surface area (Å²) in [4.78, 5) is 39.9. The van der Waals surface area contributed by atoms with Gasteiger partial charge in [0.05, 0.1) is 6.61 Å². The number of carbonyl (C=O) groups is 3. The van der Waals surface area contributed by atoms with Crippen LogP contribution < -0.4 is 15.5 Å². The summed E-state index contributed by atoms with van der Waals surface area (Å²) in [6, 6.07) is 7.88. The third-order valence-electron chi connectivity index (χ3n) is 7.54. The fraction of sp³-hybridized carbons (Fsp3) is 0.654. The Bertz CT molecular complexity index is 858. The number of piperidine rings is 1. The first-order valence-electron chi connectivity index (χ1n) is 12.9. The van der Waals surface area contributed by atoms with E-state index in [1.807, 2.05) is 19.1 Å². The number of urea groups is 1. The van der Waals surface area contributed by atoms with Crippen LogP contribution in [0.2, 0.25) is 0 Å². The molecule has 0 bridgehead atoms. The summed E-state index contributed by atoms with van der Waals surface area (Å²) < 4.78 is 5.51. The van der Waals surface area contributed by atoms with Gasteiger partial charge in [0.15, 0.2) is 0 Å². The monoisotopic (exact) mass is 470 g/mol. The Morgan fingerprint density at radius 3 is 2.50 bits per heavy atom. The SMILES string of the molecule is CCOc1ccc(CCC2CCN(CCC(=O)NN3C(=O)NC4(CCCCC4)C3=O)CC2)cc1. The van der Waals surface area contributed by atoms with Gasteiger partial charge in [0.2, 0.25) is 5.91 Å². The lowest BCUT2D eigenvalue weighted by atomic mass is 9.82. The average molecular weight is 471 g/mol. The number of nitrogens with one attached hydrogen (secondary N) is 2. The van der Waals surface area contributed by atoms with Gasteiger partial charge in [-0.1, -0.05) is 31.4 Å². The Morgan fingerprint density at radius 1 is 1.12 bits per heavy atom. The molecule has 0 atom stereocenters. The Kier molecular flexibility index (Phi) is 8.08. The van der Waals surface area contributed by atoms with Crippen molar-refractivity contribution in [2.45, 2.75) is 76.7 Å². The molecule has 0 radical (unpaired) electrons. The summed E-state index contributed by atoms with van der Waals surface area (Å²) in [5.41, 5.74) is 3.08. The van der Waals surface area contributed by atoms with Gasteiger partial charge in [0, 0.05) is 13.0 Å². The summed E-state index contributed by atoms with van der Waals surface area (Å²) in [7, 11) is 0. The highest BCUT2D eigenvalue weighted by atomic mass is 16.5. The summed E-state index contributed by atoms with van der Waals surface area (Å²) >= 11 is 0. The normalized spacial score (nSPS) is 21.0. The molecule has 8 nitrogen and oxygen atoms in total. The van der Waals surface area contributed by atoms with Gasteiger partial charge in [-0.25, -0.2) is 4.79 Å². The molecule has 0 aromatic heterocycles. The molecule has 1 aromatic carbocycles.